The molecule has 1 nitrogen and oxygen atoms in total. The van der Waals surface area contributed by atoms with Crippen molar-refractivity contribution >= 4 is 96.5 Å². The molecule has 252 valence electrons. The number of furan rings is 1. The van der Waals surface area contributed by atoms with Gasteiger partial charge in [0.15, 0.2) is 0 Å². The lowest BCUT2D eigenvalue weighted by Gasteiger charge is -2.18. The van der Waals surface area contributed by atoms with Crippen molar-refractivity contribution in [3.05, 3.63) is 182 Å². The van der Waals surface area contributed by atoms with Crippen molar-refractivity contribution in [1.29, 1.82) is 0 Å². The van der Waals surface area contributed by atoms with Gasteiger partial charge in [0.1, 0.15) is 11.2 Å². The van der Waals surface area contributed by atoms with E-state index in [-0.39, 0.29) is 0 Å². The van der Waals surface area contributed by atoms with Gasteiger partial charge in [0, 0.05) is 36.9 Å². The molecule has 12 rings (SSSR count). The summed E-state index contributed by atoms with van der Waals surface area (Å²) in [7, 11) is 0. The van der Waals surface area contributed by atoms with E-state index in [1.54, 1.807) is 0 Å². The number of hydrogen-bond acceptors (Lipinski definition) is 2. The van der Waals surface area contributed by atoms with Crippen LogP contribution in [0.25, 0.3) is 107 Å². The molecule has 2 aromatic heterocycles. The number of rotatable bonds is 3. The molecule has 0 amide bonds. The molecule has 1 unspecified atom stereocenters. The van der Waals surface area contributed by atoms with E-state index < -0.39 is 0 Å². The van der Waals surface area contributed by atoms with Crippen molar-refractivity contribution in [2.24, 2.45) is 0 Å². The van der Waals surface area contributed by atoms with Gasteiger partial charge in [-0.05, 0) is 120 Å². The molecule has 0 N–H and O–H groups in total. The second-order valence-corrected chi connectivity index (χ2v) is 15.8. The topological polar surface area (TPSA) is 13.1 Å². The molecule has 2 heterocycles. The third-order valence-corrected chi connectivity index (χ3v) is 12.9. The smallest absolute Gasteiger partial charge is 0.136 e. The summed E-state index contributed by atoms with van der Waals surface area (Å²) in [4.78, 5) is 0. The molecule has 0 saturated heterocycles. The molecule has 54 heavy (non-hydrogen) atoms. The molecule has 0 radical (unpaired) electrons. The SMILES string of the molecule is C1=CCC(c2ccc3ccc(-c4c5ccccc5c(-c5ccc6c(c5)oc5ccc7cc8sc9ccccc9c8cc7c56)c5ccccc45)cc3c2)C=C1. The van der Waals surface area contributed by atoms with E-state index in [1.165, 1.54) is 90.9 Å². The van der Waals surface area contributed by atoms with E-state index in [0.717, 1.165) is 28.5 Å². The van der Waals surface area contributed by atoms with Gasteiger partial charge in [0.25, 0.3) is 0 Å². The minimum absolute atomic E-state index is 0.420. The van der Waals surface area contributed by atoms with E-state index in [1.807, 2.05) is 11.3 Å². The van der Waals surface area contributed by atoms with Crippen molar-refractivity contribution in [2.45, 2.75) is 12.3 Å². The minimum atomic E-state index is 0.420. The first-order chi connectivity index (χ1) is 26.7. The van der Waals surface area contributed by atoms with Crippen molar-refractivity contribution in [3.63, 3.8) is 0 Å². The normalized spacial score (nSPS) is 14.6. The van der Waals surface area contributed by atoms with Crippen LogP contribution in [0.4, 0.5) is 0 Å². The van der Waals surface area contributed by atoms with Crippen LogP contribution in [-0.4, -0.2) is 0 Å². The Morgan fingerprint density at radius 2 is 1.13 bits per heavy atom. The molecule has 9 aromatic carbocycles. The van der Waals surface area contributed by atoms with Gasteiger partial charge in [0.2, 0.25) is 0 Å². The van der Waals surface area contributed by atoms with Crippen LogP contribution in [0.15, 0.2) is 180 Å². The van der Waals surface area contributed by atoms with Crippen LogP contribution in [0.1, 0.15) is 17.9 Å². The molecule has 0 fully saturated rings. The zero-order chi connectivity index (χ0) is 35.3. The first-order valence-corrected chi connectivity index (χ1v) is 19.6. The lowest BCUT2D eigenvalue weighted by Crippen LogP contribution is -1.96. The van der Waals surface area contributed by atoms with Gasteiger partial charge in [-0.25, -0.2) is 0 Å². The van der Waals surface area contributed by atoms with Gasteiger partial charge in [0.05, 0.1) is 0 Å². The Kier molecular flexibility index (Phi) is 6.40. The summed E-state index contributed by atoms with van der Waals surface area (Å²) < 4.78 is 9.36. The molecule has 0 spiro atoms. The third-order valence-electron chi connectivity index (χ3n) is 11.7. The van der Waals surface area contributed by atoms with Gasteiger partial charge >= 0.3 is 0 Å². The lowest BCUT2D eigenvalue weighted by atomic mass is 9.85. The largest absolute Gasteiger partial charge is 0.456 e. The minimum Gasteiger partial charge on any atom is -0.456 e. The van der Waals surface area contributed by atoms with Crippen LogP contribution in [0.5, 0.6) is 0 Å². The number of thiophene rings is 1. The molecule has 1 aliphatic rings. The second kappa shape index (κ2) is 11.5. The van der Waals surface area contributed by atoms with Crippen molar-refractivity contribution in [3.8, 4) is 22.3 Å². The van der Waals surface area contributed by atoms with Gasteiger partial charge < -0.3 is 4.42 Å². The van der Waals surface area contributed by atoms with Gasteiger partial charge in [-0.15, -0.1) is 11.3 Å². The maximum absolute atomic E-state index is 6.71. The van der Waals surface area contributed by atoms with Gasteiger partial charge in [-0.3, -0.25) is 0 Å². The lowest BCUT2D eigenvalue weighted by molar-refractivity contribution is 0.669. The molecule has 0 aliphatic heterocycles. The van der Waals surface area contributed by atoms with Crippen molar-refractivity contribution in [2.75, 3.05) is 0 Å². The molecule has 0 bridgehead atoms. The summed E-state index contributed by atoms with van der Waals surface area (Å²) in [6.07, 6.45) is 9.95. The van der Waals surface area contributed by atoms with Crippen LogP contribution in [-0.2, 0) is 0 Å². The van der Waals surface area contributed by atoms with Crippen molar-refractivity contribution < 1.29 is 4.42 Å². The Balaban J connectivity index is 1.06. The highest BCUT2D eigenvalue weighted by atomic mass is 32.1. The molecule has 1 aliphatic carbocycles. The van der Waals surface area contributed by atoms with Crippen LogP contribution in [0.2, 0.25) is 0 Å². The second-order valence-electron chi connectivity index (χ2n) is 14.7. The maximum atomic E-state index is 6.71. The number of benzene rings is 9. The summed E-state index contributed by atoms with van der Waals surface area (Å²) in [5.74, 6) is 0.420. The Hall–Kier alpha value is -6.48. The van der Waals surface area contributed by atoms with Crippen LogP contribution in [0, 0.1) is 0 Å². The highest BCUT2D eigenvalue weighted by Crippen LogP contribution is 2.46. The first kappa shape index (κ1) is 30.0. The Morgan fingerprint density at radius 1 is 0.444 bits per heavy atom. The first-order valence-electron chi connectivity index (χ1n) is 18.8. The quantitative estimate of drug-likeness (QED) is 0.167. The number of fused-ring (bicyclic) bond motifs is 11. The van der Waals surface area contributed by atoms with Crippen LogP contribution in [0.3, 0.4) is 0 Å². The predicted molar refractivity (Wildman–Crippen MR) is 233 cm³/mol. The zero-order valence-corrected chi connectivity index (χ0v) is 30.2. The monoisotopic (exact) mass is 704 g/mol. The average molecular weight is 705 g/mol. The standard InChI is InChI=1S/C52H32OS/c1-2-10-31(11-3-1)33-20-18-32-19-21-35(27-37(32)26-33)50-39-13-4-6-15-41(39)51(42-16-7-5-14-40(42)50)36-22-24-43-47(28-36)53-46-25-23-34-29-49-45(30-44(34)52(43)46)38-12-8-9-17-48(38)54-49/h1-10,12-31H,11H2. The summed E-state index contributed by atoms with van der Waals surface area (Å²) in [5.41, 5.74) is 8.13. The zero-order valence-electron chi connectivity index (χ0n) is 29.3. The summed E-state index contributed by atoms with van der Waals surface area (Å²) in [6, 6.07) is 56.5. The molecular weight excluding hydrogens is 673 g/mol. The Bertz CT molecular complexity index is 3370. The highest BCUT2D eigenvalue weighted by Gasteiger charge is 2.19. The fraction of sp³-hybridized carbons (Fsp3) is 0.0385. The van der Waals surface area contributed by atoms with E-state index in [2.05, 4.69) is 176 Å². The molecule has 2 heteroatoms. The number of allylic oxidation sites excluding steroid dienone is 4. The van der Waals surface area contributed by atoms with Crippen LogP contribution < -0.4 is 0 Å². The van der Waals surface area contributed by atoms with Crippen molar-refractivity contribution in [1.82, 2.24) is 0 Å². The maximum Gasteiger partial charge on any atom is 0.136 e. The van der Waals surface area contributed by atoms with Gasteiger partial charge in [-0.1, -0.05) is 133 Å². The highest BCUT2D eigenvalue weighted by molar-refractivity contribution is 7.25. The molecule has 0 saturated carbocycles. The Labute approximate surface area is 315 Å². The fourth-order valence-corrected chi connectivity index (χ4v) is 10.3. The number of hydrogen-bond donors (Lipinski definition) is 0. The summed E-state index contributed by atoms with van der Waals surface area (Å²) in [5, 5.41) is 15.0. The van der Waals surface area contributed by atoms with E-state index in [0.29, 0.717) is 5.92 Å². The fourth-order valence-electron chi connectivity index (χ4n) is 9.20. The van der Waals surface area contributed by atoms with E-state index in [4.69, 9.17) is 4.42 Å². The molecule has 1 atom stereocenters. The van der Waals surface area contributed by atoms with Gasteiger partial charge in [-0.2, -0.15) is 0 Å². The van der Waals surface area contributed by atoms with E-state index in [9.17, 15) is 0 Å². The molecular formula is C52H32OS. The average Bonchev–Trinajstić information content (AvgIpc) is 3.79. The summed E-state index contributed by atoms with van der Waals surface area (Å²) >= 11 is 1.87. The summed E-state index contributed by atoms with van der Waals surface area (Å²) in [6.45, 7) is 0. The predicted octanol–water partition coefficient (Wildman–Crippen LogP) is 15.5. The van der Waals surface area contributed by atoms with Crippen LogP contribution >= 0.6 is 11.3 Å². The van der Waals surface area contributed by atoms with E-state index >= 15 is 0 Å². The molecule has 11 aromatic rings. The Morgan fingerprint density at radius 3 is 1.89 bits per heavy atom. The third kappa shape index (κ3) is 4.44.